The predicted octanol–water partition coefficient (Wildman–Crippen LogP) is 2.80. The highest BCUT2D eigenvalue weighted by Gasteiger charge is 2.06. The van der Waals surface area contributed by atoms with E-state index in [2.05, 4.69) is 43.5 Å². The normalized spacial score (nSPS) is 11.0. The fourth-order valence-electron chi connectivity index (χ4n) is 2.22. The molecule has 0 aliphatic carbocycles. The lowest BCUT2D eigenvalue weighted by Crippen LogP contribution is -2.02. The van der Waals surface area contributed by atoms with Crippen molar-refractivity contribution in [3.8, 4) is 0 Å². The van der Waals surface area contributed by atoms with Crippen LogP contribution in [0.15, 0.2) is 47.3 Å². The van der Waals surface area contributed by atoms with Gasteiger partial charge in [-0.15, -0.1) is 0 Å². The second-order valence-electron chi connectivity index (χ2n) is 4.68. The van der Waals surface area contributed by atoms with E-state index in [0.717, 1.165) is 26.6 Å². The Morgan fingerprint density at radius 3 is 3.05 bits per heavy atom. The zero-order valence-corrected chi connectivity index (χ0v) is 12.9. The van der Waals surface area contributed by atoms with Crippen molar-refractivity contribution in [3.63, 3.8) is 0 Å². The third kappa shape index (κ3) is 3.06. The van der Waals surface area contributed by atoms with E-state index in [1.807, 2.05) is 18.3 Å². The van der Waals surface area contributed by atoms with E-state index >= 15 is 0 Å². The fraction of sp³-hybridized carbons (Fsp3) is 0.200. The molecule has 0 aliphatic heterocycles. The summed E-state index contributed by atoms with van der Waals surface area (Å²) in [6.45, 7) is 1.26. The van der Waals surface area contributed by atoms with Crippen molar-refractivity contribution in [1.29, 1.82) is 0 Å². The number of nitrogens with one attached hydrogen (secondary N) is 1. The maximum Gasteiger partial charge on any atom is 0.0763 e. The molecular formula is C15H15BrN4O. The summed E-state index contributed by atoms with van der Waals surface area (Å²) in [5, 5.41) is 17.5. The van der Waals surface area contributed by atoms with Crippen LogP contribution in [0.1, 0.15) is 5.56 Å². The molecule has 3 aromatic rings. The maximum absolute atomic E-state index is 8.89. The summed E-state index contributed by atoms with van der Waals surface area (Å²) in [5.41, 5.74) is 3.04. The van der Waals surface area contributed by atoms with Gasteiger partial charge in [0.1, 0.15) is 0 Å². The molecule has 2 N–H and O–H groups in total. The highest BCUT2D eigenvalue weighted by molar-refractivity contribution is 9.10. The van der Waals surface area contributed by atoms with Gasteiger partial charge < -0.3 is 10.4 Å². The number of fused-ring (bicyclic) bond motifs is 1. The Bertz CT molecular complexity index is 756. The molecule has 0 radical (unpaired) electrons. The molecule has 2 aromatic heterocycles. The predicted molar refractivity (Wildman–Crippen MR) is 86.1 cm³/mol. The lowest BCUT2D eigenvalue weighted by molar-refractivity contribution is 0.269. The van der Waals surface area contributed by atoms with Gasteiger partial charge in [-0.25, -0.2) is 0 Å². The SMILES string of the molecule is OCCn1cc(NCc2ccc(Br)c3cccnc23)cn1. The van der Waals surface area contributed by atoms with Crippen molar-refractivity contribution in [2.45, 2.75) is 13.1 Å². The number of nitrogens with zero attached hydrogens (tertiary/aromatic N) is 3. The summed E-state index contributed by atoms with van der Waals surface area (Å²) in [4.78, 5) is 4.47. The number of pyridine rings is 1. The van der Waals surface area contributed by atoms with Gasteiger partial charge in [0.2, 0.25) is 0 Å². The molecule has 0 unspecified atom stereocenters. The molecule has 3 rings (SSSR count). The Labute approximate surface area is 130 Å². The van der Waals surface area contributed by atoms with Gasteiger partial charge in [0.05, 0.1) is 30.6 Å². The fourth-order valence-corrected chi connectivity index (χ4v) is 2.67. The van der Waals surface area contributed by atoms with Crippen LogP contribution < -0.4 is 5.32 Å². The largest absolute Gasteiger partial charge is 0.394 e. The Hall–Kier alpha value is -1.92. The molecule has 0 spiro atoms. The van der Waals surface area contributed by atoms with E-state index < -0.39 is 0 Å². The highest BCUT2D eigenvalue weighted by Crippen LogP contribution is 2.25. The summed E-state index contributed by atoms with van der Waals surface area (Å²) in [6, 6.07) is 8.08. The number of aromatic nitrogens is 3. The molecule has 0 amide bonds. The van der Waals surface area contributed by atoms with Crippen molar-refractivity contribution in [3.05, 3.63) is 52.9 Å². The first-order valence-corrected chi connectivity index (χ1v) is 7.46. The zero-order valence-electron chi connectivity index (χ0n) is 11.3. The minimum Gasteiger partial charge on any atom is -0.394 e. The Kier molecular flexibility index (Phi) is 4.17. The second-order valence-corrected chi connectivity index (χ2v) is 5.53. The van der Waals surface area contributed by atoms with Crippen LogP contribution in [0.2, 0.25) is 0 Å². The summed E-state index contributed by atoms with van der Waals surface area (Å²) in [7, 11) is 0. The first-order valence-electron chi connectivity index (χ1n) is 6.67. The van der Waals surface area contributed by atoms with Gasteiger partial charge in [0.15, 0.2) is 0 Å². The number of aliphatic hydroxyl groups excluding tert-OH is 1. The minimum atomic E-state index is 0.0857. The molecule has 0 atom stereocenters. The lowest BCUT2D eigenvalue weighted by Gasteiger charge is -2.08. The molecule has 2 heterocycles. The van der Waals surface area contributed by atoms with Crippen molar-refractivity contribution >= 4 is 32.5 Å². The molecule has 21 heavy (non-hydrogen) atoms. The minimum absolute atomic E-state index is 0.0857. The van der Waals surface area contributed by atoms with Gasteiger partial charge in [-0.3, -0.25) is 9.67 Å². The smallest absolute Gasteiger partial charge is 0.0763 e. The zero-order chi connectivity index (χ0) is 14.7. The number of anilines is 1. The molecule has 5 nitrogen and oxygen atoms in total. The monoisotopic (exact) mass is 346 g/mol. The van der Waals surface area contributed by atoms with E-state index in [1.54, 1.807) is 17.1 Å². The van der Waals surface area contributed by atoms with Crippen LogP contribution in [0.25, 0.3) is 10.9 Å². The summed E-state index contributed by atoms with van der Waals surface area (Å²) >= 11 is 3.55. The number of benzene rings is 1. The van der Waals surface area contributed by atoms with Crippen LogP contribution in [0.5, 0.6) is 0 Å². The molecular weight excluding hydrogens is 332 g/mol. The molecule has 1 aromatic carbocycles. The number of hydrogen-bond donors (Lipinski definition) is 2. The van der Waals surface area contributed by atoms with Crippen LogP contribution in [0.3, 0.4) is 0 Å². The number of rotatable bonds is 5. The van der Waals surface area contributed by atoms with Crippen LogP contribution in [0, 0.1) is 0 Å². The van der Waals surface area contributed by atoms with E-state index in [1.165, 1.54) is 0 Å². The van der Waals surface area contributed by atoms with Gasteiger partial charge in [0, 0.05) is 28.8 Å². The summed E-state index contributed by atoms with van der Waals surface area (Å²) in [6.07, 6.45) is 5.44. The average molecular weight is 347 g/mol. The Morgan fingerprint density at radius 1 is 1.29 bits per heavy atom. The van der Waals surface area contributed by atoms with E-state index in [9.17, 15) is 0 Å². The second kappa shape index (κ2) is 6.24. The van der Waals surface area contributed by atoms with Gasteiger partial charge in [-0.05, 0) is 17.7 Å². The van der Waals surface area contributed by atoms with Crippen LogP contribution in [0.4, 0.5) is 5.69 Å². The highest BCUT2D eigenvalue weighted by atomic mass is 79.9. The van der Waals surface area contributed by atoms with Crippen LogP contribution in [-0.4, -0.2) is 26.5 Å². The molecule has 0 saturated heterocycles. The maximum atomic E-state index is 8.89. The Balaban J connectivity index is 1.80. The van der Waals surface area contributed by atoms with Gasteiger partial charge >= 0.3 is 0 Å². The third-order valence-corrected chi connectivity index (χ3v) is 3.94. The molecule has 0 aliphatic rings. The Morgan fingerprint density at radius 2 is 2.19 bits per heavy atom. The van der Waals surface area contributed by atoms with E-state index in [-0.39, 0.29) is 6.61 Å². The van der Waals surface area contributed by atoms with Gasteiger partial charge in [-0.1, -0.05) is 28.1 Å². The molecule has 108 valence electrons. The van der Waals surface area contributed by atoms with Crippen molar-refractivity contribution in [2.24, 2.45) is 0 Å². The molecule has 0 bridgehead atoms. The van der Waals surface area contributed by atoms with Crippen LogP contribution >= 0.6 is 15.9 Å². The van der Waals surface area contributed by atoms with E-state index in [0.29, 0.717) is 13.1 Å². The van der Waals surface area contributed by atoms with Gasteiger partial charge in [-0.2, -0.15) is 5.10 Å². The quantitative estimate of drug-likeness (QED) is 0.745. The van der Waals surface area contributed by atoms with Crippen molar-refractivity contribution in [1.82, 2.24) is 14.8 Å². The summed E-state index contributed by atoms with van der Waals surface area (Å²) < 4.78 is 2.76. The lowest BCUT2D eigenvalue weighted by atomic mass is 10.1. The first-order chi connectivity index (χ1) is 10.3. The molecule has 0 saturated carbocycles. The van der Waals surface area contributed by atoms with Crippen molar-refractivity contribution in [2.75, 3.05) is 11.9 Å². The number of halogens is 1. The number of hydrogen-bond acceptors (Lipinski definition) is 4. The molecule has 0 fully saturated rings. The van der Waals surface area contributed by atoms with E-state index in [4.69, 9.17) is 5.11 Å². The topological polar surface area (TPSA) is 63.0 Å². The first kappa shape index (κ1) is 14.0. The molecule has 6 heteroatoms. The average Bonchev–Trinajstić information content (AvgIpc) is 2.95. The van der Waals surface area contributed by atoms with Gasteiger partial charge in [0.25, 0.3) is 0 Å². The number of aliphatic hydroxyl groups is 1. The van der Waals surface area contributed by atoms with Crippen molar-refractivity contribution < 1.29 is 5.11 Å². The third-order valence-electron chi connectivity index (χ3n) is 3.25. The van der Waals surface area contributed by atoms with Crippen LogP contribution in [-0.2, 0) is 13.1 Å². The summed E-state index contributed by atoms with van der Waals surface area (Å²) in [5.74, 6) is 0. The standard InChI is InChI=1S/C15H15BrN4O/c16-14-4-3-11(15-13(14)2-1-5-17-15)8-18-12-9-19-20(10-12)6-7-21/h1-5,9-10,18,21H,6-8H2.